The Balaban J connectivity index is 1.82. The number of hydrogen-bond donors (Lipinski definition) is 4. The van der Waals surface area contributed by atoms with Crippen molar-refractivity contribution >= 4 is 34.1 Å². The topological polar surface area (TPSA) is 95.8 Å². The maximum Gasteiger partial charge on any atom is 0.246 e. The predicted octanol–water partition coefficient (Wildman–Crippen LogP) is 2.44. The highest BCUT2D eigenvalue weighted by Crippen LogP contribution is 2.21. The van der Waals surface area contributed by atoms with Gasteiger partial charge in [-0.3, -0.25) is 9.89 Å². The van der Waals surface area contributed by atoms with Crippen molar-refractivity contribution in [3.05, 3.63) is 59.2 Å². The summed E-state index contributed by atoms with van der Waals surface area (Å²) in [5, 5.41) is 14.4. The van der Waals surface area contributed by atoms with Gasteiger partial charge >= 0.3 is 0 Å². The molecule has 124 valence electrons. The van der Waals surface area contributed by atoms with E-state index in [0.29, 0.717) is 23.8 Å². The standard InChI is InChI=1S/C17H18ClN5O/c18-13-3-1-2-11(8-13)16(20-7-6-19)17(24)22-14-4-5-15-12(9-14)10-21-23-15/h1-5,8-10,16,20H,6-7,19H2,(H,21,23)(H,22,24). The summed E-state index contributed by atoms with van der Waals surface area (Å²) in [5.41, 5.74) is 7.97. The monoisotopic (exact) mass is 343 g/mol. The molecule has 1 heterocycles. The van der Waals surface area contributed by atoms with Crippen molar-refractivity contribution in [1.29, 1.82) is 0 Å². The minimum Gasteiger partial charge on any atom is -0.329 e. The normalized spacial score (nSPS) is 12.2. The van der Waals surface area contributed by atoms with Crippen LogP contribution in [0.4, 0.5) is 5.69 Å². The minimum atomic E-state index is -0.535. The lowest BCUT2D eigenvalue weighted by Crippen LogP contribution is -2.35. The molecule has 0 radical (unpaired) electrons. The Hall–Kier alpha value is -2.41. The van der Waals surface area contributed by atoms with E-state index in [2.05, 4.69) is 20.8 Å². The number of nitrogens with zero attached hydrogens (tertiary/aromatic N) is 1. The fraction of sp³-hybridized carbons (Fsp3) is 0.176. The number of nitrogens with two attached hydrogens (primary N) is 1. The fourth-order valence-corrected chi connectivity index (χ4v) is 2.71. The van der Waals surface area contributed by atoms with Gasteiger partial charge in [0.05, 0.1) is 11.7 Å². The van der Waals surface area contributed by atoms with Gasteiger partial charge < -0.3 is 16.4 Å². The number of hydrogen-bond acceptors (Lipinski definition) is 4. The van der Waals surface area contributed by atoms with E-state index in [1.165, 1.54) is 0 Å². The maximum absolute atomic E-state index is 12.7. The van der Waals surface area contributed by atoms with Gasteiger partial charge in [0.2, 0.25) is 5.91 Å². The lowest BCUT2D eigenvalue weighted by molar-refractivity contribution is -0.118. The summed E-state index contributed by atoms with van der Waals surface area (Å²) in [5.74, 6) is -0.173. The molecule has 1 atom stereocenters. The van der Waals surface area contributed by atoms with Crippen LogP contribution in [0.3, 0.4) is 0 Å². The summed E-state index contributed by atoms with van der Waals surface area (Å²) in [6.07, 6.45) is 1.71. The van der Waals surface area contributed by atoms with E-state index in [-0.39, 0.29) is 5.91 Å². The van der Waals surface area contributed by atoms with E-state index < -0.39 is 6.04 Å². The van der Waals surface area contributed by atoms with E-state index in [1.54, 1.807) is 18.3 Å². The van der Waals surface area contributed by atoms with Gasteiger partial charge in [-0.15, -0.1) is 0 Å². The molecule has 0 spiro atoms. The van der Waals surface area contributed by atoms with Crippen molar-refractivity contribution in [3.63, 3.8) is 0 Å². The Morgan fingerprint density at radius 1 is 1.29 bits per heavy atom. The van der Waals surface area contributed by atoms with Gasteiger partial charge in [-0.25, -0.2) is 0 Å². The van der Waals surface area contributed by atoms with E-state index in [4.69, 9.17) is 17.3 Å². The number of carbonyl (C=O) groups excluding carboxylic acids is 1. The molecule has 5 N–H and O–H groups in total. The first-order valence-electron chi connectivity index (χ1n) is 7.60. The molecule has 1 amide bonds. The Morgan fingerprint density at radius 2 is 2.17 bits per heavy atom. The molecule has 0 saturated carbocycles. The number of carbonyl (C=O) groups is 1. The number of benzene rings is 2. The molecule has 3 aromatic rings. The summed E-state index contributed by atoms with van der Waals surface area (Å²) in [7, 11) is 0. The van der Waals surface area contributed by atoms with Gasteiger partial charge in [-0.05, 0) is 35.9 Å². The molecular weight excluding hydrogens is 326 g/mol. The smallest absolute Gasteiger partial charge is 0.246 e. The zero-order chi connectivity index (χ0) is 16.9. The summed E-state index contributed by atoms with van der Waals surface area (Å²) in [4.78, 5) is 12.7. The third-order valence-electron chi connectivity index (χ3n) is 3.64. The second-order valence-corrected chi connectivity index (χ2v) is 5.83. The van der Waals surface area contributed by atoms with E-state index >= 15 is 0 Å². The van der Waals surface area contributed by atoms with Crippen molar-refractivity contribution in [2.75, 3.05) is 18.4 Å². The molecule has 0 saturated heterocycles. The first-order chi connectivity index (χ1) is 11.7. The largest absolute Gasteiger partial charge is 0.329 e. The Morgan fingerprint density at radius 3 is 2.96 bits per heavy atom. The highest BCUT2D eigenvalue weighted by atomic mass is 35.5. The van der Waals surface area contributed by atoms with Gasteiger partial charge in [-0.2, -0.15) is 5.10 Å². The quantitative estimate of drug-likeness (QED) is 0.552. The number of anilines is 1. The SMILES string of the molecule is NCCNC(C(=O)Nc1ccc2[nH]ncc2c1)c1cccc(Cl)c1. The fourth-order valence-electron chi connectivity index (χ4n) is 2.51. The van der Waals surface area contributed by atoms with Crippen molar-refractivity contribution in [2.24, 2.45) is 5.73 Å². The zero-order valence-electron chi connectivity index (χ0n) is 12.9. The zero-order valence-corrected chi connectivity index (χ0v) is 13.7. The lowest BCUT2D eigenvalue weighted by Gasteiger charge is -2.19. The molecule has 0 fully saturated rings. The van der Waals surface area contributed by atoms with Crippen LogP contribution in [-0.2, 0) is 4.79 Å². The molecule has 3 rings (SSSR count). The van der Waals surface area contributed by atoms with Crippen molar-refractivity contribution in [2.45, 2.75) is 6.04 Å². The molecule has 1 unspecified atom stereocenters. The maximum atomic E-state index is 12.7. The molecular formula is C17H18ClN5O. The average molecular weight is 344 g/mol. The number of halogens is 1. The molecule has 7 heteroatoms. The Labute approximate surface area is 144 Å². The second-order valence-electron chi connectivity index (χ2n) is 5.39. The second kappa shape index (κ2) is 7.44. The van der Waals surface area contributed by atoms with Crippen LogP contribution in [0.1, 0.15) is 11.6 Å². The molecule has 0 aliphatic heterocycles. The van der Waals surface area contributed by atoms with Crippen molar-refractivity contribution in [3.8, 4) is 0 Å². The minimum absolute atomic E-state index is 0.173. The lowest BCUT2D eigenvalue weighted by atomic mass is 10.1. The molecule has 24 heavy (non-hydrogen) atoms. The van der Waals surface area contributed by atoms with Gasteiger partial charge in [0.15, 0.2) is 0 Å². The van der Waals surface area contributed by atoms with Gasteiger partial charge in [0.25, 0.3) is 0 Å². The number of amides is 1. The first kappa shape index (κ1) is 16.4. The van der Waals surface area contributed by atoms with Crippen molar-refractivity contribution in [1.82, 2.24) is 15.5 Å². The van der Waals surface area contributed by atoms with Crippen LogP contribution in [0, 0.1) is 0 Å². The van der Waals surface area contributed by atoms with Crippen LogP contribution in [0.5, 0.6) is 0 Å². The van der Waals surface area contributed by atoms with E-state index in [0.717, 1.165) is 16.5 Å². The number of fused-ring (bicyclic) bond motifs is 1. The third-order valence-corrected chi connectivity index (χ3v) is 3.88. The van der Waals surface area contributed by atoms with Gasteiger partial charge in [-0.1, -0.05) is 23.7 Å². The van der Waals surface area contributed by atoms with E-state index in [9.17, 15) is 4.79 Å². The molecule has 1 aromatic heterocycles. The average Bonchev–Trinajstić information content (AvgIpc) is 3.03. The Bertz CT molecular complexity index is 848. The molecule has 6 nitrogen and oxygen atoms in total. The number of aromatic amines is 1. The highest BCUT2D eigenvalue weighted by Gasteiger charge is 2.20. The highest BCUT2D eigenvalue weighted by molar-refractivity contribution is 6.30. The van der Waals surface area contributed by atoms with Crippen LogP contribution >= 0.6 is 11.6 Å². The van der Waals surface area contributed by atoms with Crippen LogP contribution < -0.4 is 16.4 Å². The number of rotatable bonds is 6. The molecule has 2 aromatic carbocycles. The molecule has 0 aliphatic rings. The van der Waals surface area contributed by atoms with Crippen LogP contribution in [0.2, 0.25) is 5.02 Å². The molecule has 0 aliphatic carbocycles. The summed E-state index contributed by atoms with van der Waals surface area (Å²) in [6, 6.07) is 12.3. The summed E-state index contributed by atoms with van der Waals surface area (Å²) >= 11 is 6.05. The Kier molecular flexibility index (Phi) is 5.10. The van der Waals surface area contributed by atoms with Gasteiger partial charge in [0, 0.05) is 29.2 Å². The predicted molar refractivity (Wildman–Crippen MR) is 96.0 cm³/mol. The van der Waals surface area contributed by atoms with Crippen LogP contribution in [0.25, 0.3) is 10.9 Å². The number of aromatic nitrogens is 2. The number of nitrogens with one attached hydrogen (secondary N) is 3. The summed E-state index contributed by atoms with van der Waals surface area (Å²) < 4.78 is 0. The van der Waals surface area contributed by atoms with Crippen LogP contribution in [0.15, 0.2) is 48.7 Å². The summed E-state index contributed by atoms with van der Waals surface area (Å²) in [6.45, 7) is 0.955. The van der Waals surface area contributed by atoms with Crippen LogP contribution in [-0.4, -0.2) is 29.2 Å². The molecule has 0 bridgehead atoms. The van der Waals surface area contributed by atoms with E-state index in [1.807, 2.05) is 30.3 Å². The number of H-pyrrole nitrogens is 1. The first-order valence-corrected chi connectivity index (χ1v) is 7.98. The van der Waals surface area contributed by atoms with Gasteiger partial charge in [0.1, 0.15) is 6.04 Å². The van der Waals surface area contributed by atoms with Crippen molar-refractivity contribution < 1.29 is 4.79 Å². The third kappa shape index (κ3) is 3.73.